The lowest BCUT2D eigenvalue weighted by atomic mass is 10.0. The first-order valence-electron chi connectivity index (χ1n) is 9.36. The van der Waals surface area contributed by atoms with Crippen LogP contribution in [0.15, 0.2) is 119 Å². The molecule has 0 saturated carbocycles. The zero-order valence-electron chi connectivity index (χ0n) is 15.6. The van der Waals surface area contributed by atoms with Gasteiger partial charge in [0.2, 0.25) is 0 Å². The van der Waals surface area contributed by atoms with Crippen LogP contribution < -0.4 is 4.74 Å². The Morgan fingerprint density at radius 3 is 1.86 bits per heavy atom. The molecular formula is C25H19ClFNO. The van der Waals surface area contributed by atoms with Crippen LogP contribution in [0.4, 0.5) is 4.39 Å². The minimum Gasteiger partial charge on any atom is -0.461 e. The molecule has 144 valence electrons. The highest BCUT2D eigenvalue weighted by atomic mass is 35.5. The lowest BCUT2D eigenvalue weighted by molar-refractivity contribution is 0.382. The highest BCUT2D eigenvalue weighted by molar-refractivity contribution is 6.18. The highest BCUT2D eigenvalue weighted by Gasteiger charge is 2.30. The molecule has 0 radical (unpaired) electrons. The van der Waals surface area contributed by atoms with Gasteiger partial charge in [-0.2, -0.15) is 0 Å². The average Bonchev–Trinajstić information content (AvgIpc) is 3.07. The lowest BCUT2D eigenvalue weighted by Gasteiger charge is -2.16. The van der Waals surface area contributed by atoms with Gasteiger partial charge < -0.3 is 4.74 Å². The molecule has 29 heavy (non-hydrogen) atoms. The molecule has 0 heterocycles. The Hall–Kier alpha value is -3.17. The van der Waals surface area contributed by atoms with E-state index in [9.17, 15) is 4.39 Å². The largest absolute Gasteiger partial charge is 0.461 e. The molecule has 0 bridgehead atoms. The Kier molecular flexibility index (Phi) is 5.87. The van der Waals surface area contributed by atoms with E-state index < -0.39 is 11.7 Å². The fraction of sp³-hybridized carbons (Fsp3) is 0.0800. The fourth-order valence-corrected chi connectivity index (χ4v) is 3.51. The summed E-state index contributed by atoms with van der Waals surface area (Å²) in [5.74, 6) is 0.383. The first-order valence-corrected chi connectivity index (χ1v) is 9.89. The van der Waals surface area contributed by atoms with Gasteiger partial charge in [0.15, 0.2) is 0 Å². The van der Waals surface area contributed by atoms with Crippen molar-refractivity contribution in [1.29, 1.82) is 0 Å². The van der Waals surface area contributed by atoms with Crippen molar-refractivity contribution in [2.75, 3.05) is 5.88 Å². The third-order valence-corrected chi connectivity index (χ3v) is 4.96. The molecule has 2 nitrogen and oxygen atoms in total. The SMILES string of the molecule is FC1=C(N=C(c2ccccc2)c2ccccc2)[C@@H](CCl)C(Oc2ccccc2)=C1. The number of ether oxygens (including phenoxy) is 1. The van der Waals surface area contributed by atoms with E-state index in [1.165, 1.54) is 6.08 Å². The molecule has 3 aromatic rings. The number of aliphatic imine (C=N–C) groups is 1. The predicted molar refractivity (Wildman–Crippen MR) is 116 cm³/mol. The Morgan fingerprint density at radius 1 is 0.828 bits per heavy atom. The van der Waals surface area contributed by atoms with Crippen LogP contribution in [0.5, 0.6) is 5.75 Å². The fourth-order valence-electron chi connectivity index (χ4n) is 3.21. The van der Waals surface area contributed by atoms with Gasteiger partial charge in [-0.1, -0.05) is 78.9 Å². The highest BCUT2D eigenvalue weighted by Crippen LogP contribution is 2.36. The molecule has 0 aliphatic heterocycles. The molecule has 1 atom stereocenters. The van der Waals surface area contributed by atoms with Crippen molar-refractivity contribution >= 4 is 17.3 Å². The smallest absolute Gasteiger partial charge is 0.148 e. The van der Waals surface area contributed by atoms with Crippen molar-refractivity contribution in [3.63, 3.8) is 0 Å². The van der Waals surface area contributed by atoms with Gasteiger partial charge in [0, 0.05) is 23.1 Å². The summed E-state index contributed by atoms with van der Waals surface area (Å²) in [7, 11) is 0. The van der Waals surface area contributed by atoms with Gasteiger partial charge in [0.1, 0.15) is 17.3 Å². The monoisotopic (exact) mass is 403 g/mol. The molecule has 4 rings (SSSR count). The van der Waals surface area contributed by atoms with Crippen molar-refractivity contribution in [2.24, 2.45) is 10.9 Å². The van der Waals surface area contributed by atoms with Gasteiger partial charge in [0.05, 0.1) is 17.3 Å². The summed E-state index contributed by atoms with van der Waals surface area (Å²) in [5, 5.41) is 0. The minimum atomic E-state index is -0.459. The minimum absolute atomic E-state index is 0.168. The van der Waals surface area contributed by atoms with Crippen LogP contribution in [0.2, 0.25) is 0 Å². The summed E-state index contributed by atoms with van der Waals surface area (Å²) in [5.41, 5.74) is 2.80. The van der Waals surface area contributed by atoms with Crippen molar-refractivity contribution in [1.82, 2.24) is 0 Å². The van der Waals surface area contributed by atoms with Crippen LogP contribution in [0.3, 0.4) is 0 Å². The number of hydrogen-bond donors (Lipinski definition) is 0. The van der Waals surface area contributed by atoms with E-state index in [0.717, 1.165) is 11.1 Å². The van der Waals surface area contributed by atoms with E-state index >= 15 is 0 Å². The summed E-state index contributed by atoms with van der Waals surface area (Å²) in [6, 6.07) is 28.8. The second kappa shape index (κ2) is 8.89. The molecule has 0 saturated heterocycles. The molecule has 0 amide bonds. The summed E-state index contributed by atoms with van der Waals surface area (Å²) < 4.78 is 20.8. The maximum absolute atomic E-state index is 14.9. The van der Waals surface area contributed by atoms with E-state index in [2.05, 4.69) is 0 Å². The zero-order chi connectivity index (χ0) is 20.1. The van der Waals surface area contributed by atoms with Gasteiger partial charge in [-0.25, -0.2) is 9.38 Å². The van der Waals surface area contributed by atoms with E-state index in [4.69, 9.17) is 21.3 Å². The maximum Gasteiger partial charge on any atom is 0.148 e. The molecule has 1 aliphatic carbocycles. The van der Waals surface area contributed by atoms with Crippen molar-refractivity contribution in [2.45, 2.75) is 0 Å². The summed E-state index contributed by atoms with van der Waals surface area (Å²) in [6.07, 6.45) is 1.38. The molecule has 1 aliphatic rings. The molecular weight excluding hydrogens is 385 g/mol. The number of allylic oxidation sites excluding steroid dienone is 2. The number of halogens is 2. The summed E-state index contributed by atoms with van der Waals surface area (Å²) in [4.78, 5) is 4.75. The van der Waals surface area contributed by atoms with Crippen LogP contribution in [0, 0.1) is 5.92 Å². The number of hydrogen-bond acceptors (Lipinski definition) is 2. The summed E-state index contributed by atoms with van der Waals surface area (Å²) in [6.45, 7) is 0. The van der Waals surface area contributed by atoms with Gasteiger partial charge in [0.25, 0.3) is 0 Å². The van der Waals surface area contributed by atoms with Crippen LogP contribution >= 0.6 is 11.6 Å². The maximum atomic E-state index is 14.9. The topological polar surface area (TPSA) is 21.6 Å². The van der Waals surface area contributed by atoms with Crippen LogP contribution in [-0.2, 0) is 0 Å². The lowest BCUT2D eigenvalue weighted by Crippen LogP contribution is -2.12. The van der Waals surface area contributed by atoms with E-state index in [1.54, 1.807) is 0 Å². The molecule has 4 heteroatoms. The van der Waals surface area contributed by atoms with E-state index in [1.807, 2.05) is 91.0 Å². The Bertz CT molecular complexity index is 1020. The Balaban J connectivity index is 1.71. The van der Waals surface area contributed by atoms with Gasteiger partial charge in [-0.05, 0) is 12.1 Å². The van der Waals surface area contributed by atoms with Gasteiger partial charge in [-0.3, -0.25) is 0 Å². The Morgan fingerprint density at radius 2 is 1.34 bits per heavy atom. The van der Waals surface area contributed by atoms with Crippen LogP contribution in [0.1, 0.15) is 11.1 Å². The number of rotatable bonds is 6. The van der Waals surface area contributed by atoms with Gasteiger partial charge in [-0.15, -0.1) is 11.6 Å². The van der Waals surface area contributed by atoms with Crippen molar-refractivity contribution in [3.05, 3.63) is 125 Å². The van der Waals surface area contributed by atoms with Crippen LogP contribution in [0.25, 0.3) is 0 Å². The van der Waals surface area contributed by atoms with Crippen LogP contribution in [-0.4, -0.2) is 11.6 Å². The number of nitrogens with zero attached hydrogens (tertiary/aromatic N) is 1. The molecule has 0 unspecified atom stereocenters. The first kappa shape index (κ1) is 19.2. The number of para-hydroxylation sites is 1. The molecule has 3 aromatic carbocycles. The second-order valence-electron chi connectivity index (χ2n) is 6.59. The zero-order valence-corrected chi connectivity index (χ0v) is 16.4. The quantitative estimate of drug-likeness (QED) is 0.338. The summed E-state index contributed by atoms with van der Waals surface area (Å²) >= 11 is 6.21. The number of alkyl halides is 1. The third-order valence-electron chi connectivity index (χ3n) is 4.65. The van der Waals surface area contributed by atoms with Crippen molar-refractivity contribution in [3.8, 4) is 5.75 Å². The van der Waals surface area contributed by atoms with Gasteiger partial charge >= 0.3 is 0 Å². The molecule has 0 fully saturated rings. The second-order valence-corrected chi connectivity index (χ2v) is 6.90. The molecule has 0 aromatic heterocycles. The number of benzene rings is 3. The van der Waals surface area contributed by atoms with E-state index in [0.29, 0.717) is 17.2 Å². The van der Waals surface area contributed by atoms with Crippen molar-refractivity contribution < 1.29 is 9.13 Å². The Labute approximate surface area is 174 Å². The molecule has 0 N–H and O–H groups in total. The average molecular weight is 404 g/mol. The predicted octanol–water partition coefficient (Wildman–Crippen LogP) is 6.54. The third kappa shape index (κ3) is 4.30. The first-order chi connectivity index (χ1) is 14.3. The molecule has 0 spiro atoms. The normalized spacial score (nSPS) is 15.8. The standard InChI is InChI=1S/C25H19ClFNO/c26-17-21-23(29-20-14-8-3-9-15-20)16-22(27)25(21)28-24(18-10-4-1-5-11-18)19-12-6-2-7-13-19/h1-16,21H,17H2/t21-/m0/s1. The van der Waals surface area contributed by atoms with E-state index in [-0.39, 0.29) is 11.6 Å².